The van der Waals surface area contributed by atoms with Crippen LogP contribution in [0.3, 0.4) is 0 Å². The van der Waals surface area contributed by atoms with Crippen molar-refractivity contribution in [2.45, 2.75) is 25.9 Å². The van der Waals surface area contributed by atoms with Crippen LogP contribution >= 0.6 is 0 Å². The fourth-order valence-electron chi connectivity index (χ4n) is 0.407. The van der Waals surface area contributed by atoms with Crippen molar-refractivity contribution in [3.05, 3.63) is 0 Å². The molecule has 2 atom stereocenters. The minimum Gasteiger partial charge on any atom is -1.00 e. The van der Waals surface area contributed by atoms with E-state index in [0.29, 0.717) is 0 Å². The summed E-state index contributed by atoms with van der Waals surface area (Å²) in [7, 11) is 0. The van der Waals surface area contributed by atoms with Gasteiger partial charge in [0.15, 0.2) is 0 Å². The molecule has 0 heterocycles. The maximum absolute atomic E-state index is 10.8. The van der Waals surface area contributed by atoms with Crippen molar-refractivity contribution in [3.8, 4) is 0 Å². The van der Waals surface area contributed by atoms with E-state index < -0.39 is 24.0 Å². The second kappa shape index (κ2) is 6.42. The maximum Gasteiger partial charge on any atom is 1.00 e. The smallest absolute Gasteiger partial charge is 1.00 e. The number of nitrogens with two attached hydrogens (primary N) is 1. The van der Waals surface area contributed by atoms with E-state index in [9.17, 15) is 9.59 Å². The summed E-state index contributed by atoms with van der Waals surface area (Å²) in [4.78, 5) is 21.0. The molecule has 4 N–H and O–H groups in total. The van der Waals surface area contributed by atoms with E-state index in [-0.39, 0.29) is 31.0 Å². The largest absolute Gasteiger partial charge is 1.00 e. The average molecular weight is 184 g/mol. The molecule has 0 spiro atoms. The van der Waals surface area contributed by atoms with Gasteiger partial charge < -0.3 is 17.6 Å². The Morgan fingerprint density at radius 2 is 1.92 bits per heavy atom. The zero-order chi connectivity index (χ0) is 9.02. The Kier molecular flexibility index (Phi) is 7.72. The first-order valence-electron chi connectivity index (χ1n) is 3.24. The third-order valence-electron chi connectivity index (χ3n) is 1.14. The predicted octanol–water partition coefficient (Wildman–Crippen LogP) is -3.96. The van der Waals surface area contributed by atoms with Crippen LogP contribution in [-0.4, -0.2) is 29.1 Å². The third-order valence-corrected chi connectivity index (χ3v) is 1.14. The van der Waals surface area contributed by atoms with Gasteiger partial charge in [0.2, 0.25) is 5.91 Å². The molecular formula is C6H13N2NaO3. The van der Waals surface area contributed by atoms with Gasteiger partial charge in [-0.1, -0.05) is 0 Å². The van der Waals surface area contributed by atoms with E-state index in [2.05, 4.69) is 5.32 Å². The number of aliphatic carboxylic acids is 1. The molecule has 1 amide bonds. The zero-order valence-corrected chi connectivity index (χ0v) is 9.50. The Morgan fingerprint density at radius 1 is 1.50 bits per heavy atom. The quantitative estimate of drug-likeness (QED) is 0.390. The molecule has 5 nitrogen and oxygen atoms in total. The standard InChI is InChI=1S/C6H12N2O3.Na.H/c1-3(7)5(9)8-4(2)6(10)11;;/h3-4H,7H2,1-2H3,(H,8,9)(H,10,11);;/q;+1;-1/t3-,4-;;/m0../s1. The molecule has 0 unspecified atom stereocenters. The van der Waals surface area contributed by atoms with Crippen molar-refractivity contribution in [1.29, 1.82) is 0 Å². The number of hydrogen-bond donors (Lipinski definition) is 3. The zero-order valence-electron chi connectivity index (χ0n) is 8.50. The minimum atomic E-state index is -1.07. The van der Waals surface area contributed by atoms with Gasteiger partial charge in [-0.15, -0.1) is 0 Å². The predicted molar refractivity (Wildman–Crippen MR) is 40.0 cm³/mol. The summed E-state index contributed by atoms with van der Waals surface area (Å²) in [6.07, 6.45) is 0. The van der Waals surface area contributed by atoms with Gasteiger partial charge in [0.25, 0.3) is 0 Å². The van der Waals surface area contributed by atoms with Gasteiger partial charge in [-0.2, -0.15) is 0 Å². The van der Waals surface area contributed by atoms with Crippen LogP contribution in [0.4, 0.5) is 0 Å². The van der Waals surface area contributed by atoms with E-state index in [0.717, 1.165) is 0 Å². The molecule has 0 saturated carbocycles. The molecule has 0 aromatic carbocycles. The van der Waals surface area contributed by atoms with Crippen LogP contribution in [0, 0.1) is 0 Å². The summed E-state index contributed by atoms with van der Waals surface area (Å²) < 4.78 is 0. The summed E-state index contributed by atoms with van der Waals surface area (Å²) in [5.74, 6) is -1.53. The molecule has 0 aromatic rings. The number of carbonyl (C=O) groups excluding carboxylic acids is 1. The van der Waals surface area contributed by atoms with E-state index in [1.54, 1.807) is 0 Å². The monoisotopic (exact) mass is 184 g/mol. The van der Waals surface area contributed by atoms with Gasteiger partial charge in [-0.05, 0) is 13.8 Å². The van der Waals surface area contributed by atoms with E-state index in [1.165, 1.54) is 13.8 Å². The Morgan fingerprint density at radius 3 is 2.17 bits per heavy atom. The summed E-state index contributed by atoms with van der Waals surface area (Å²) in [5.41, 5.74) is 5.18. The third kappa shape index (κ3) is 5.54. The molecule has 0 saturated heterocycles. The Labute approximate surface area is 94.5 Å². The van der Waals surface area contributed by atoms with Gasteiger partial charge in [-0.3, -0.25) is 9.59 Å². The number of carboxylic acids is 1. The van der Waals surface area contributed by atoms with Crippen molar-refractivity contribution < 1.29 is 45.7 Å². The van der Waals surface area contributed by atoms with Crippen LogP contribution in [0.1, 0.15) is 15.3 Å². The summed E-state index contributed by atoms with van der Waals surface area (Å²) in [6.45, 7) is 2.87. The van der Waals surface area contributed by atoms with Crippen LogP contribution in [0.15, 0.2) is 0 Å². The van der Waals surface area contributed by atoms with Crippen LogP contribution in [0.5, 0.6) is 0 Å². The van der Waals surface area contributed by atoms with Crippen LogP contribution < -0.4 is 40.6 Å². The van der Waals surface area contributed by atoms with Crippen molar-refractivity contribution in [2.24, 2.45) is 5.73 Å². The van der Waals surface area contributed by atoms with Gasteiger partial charge >= 0.3 is 35.5 Å². The second-order valence-corrected chi connectivity index (χ2v) is 2.36. The summed E-state index contributed by atoms with van der Waals surface area (Å²) in [6, 6.07) is -1.55. The Balaban J connectivity index is -0.000000500. The number of carbonyl (C=O) groups is 2. The first-order valence-corrected chi connectivity index (χ1v) is 3.24. The molecule has 0 aromatic heterocycles. The molecular weight excluding hydrogens is 171 g/mol. The average Bonchev–Trinajstić information content (AvgIpc) is 1.87. The first-order chi connectivity index (χ1) is 4.95. The molecule has 0 radical (unpaired) electrons. The van der Waals surface area contributed by atoms with Crippen molar-refractivity contribution >= 4 is 11.9 Å². The first kappa shape index (κ1) is 14.4. The summed E-state index contributed by atoms with van der Waals surface area (Å²) in [5, 5.41) is 10.6. The molecule has 66 valence electrons. The van der Waals surface area contributed by atoms with Gasteiger partial charge in [0.05, 0.1) is 6.04 Å². The number of rotatable bonds is 3. The van der Waals surface area contributed by atoms with E-state index in [1.807, 2.05) is 0 Å². The number of amides is 1. The van der Waals surface area contributed by atoms with Crippen molar-refractivity contribution in [2.75, 3.05) is 0 Å². The van der Waals surface area contributed by atoms with Gasteiger partial charge in [0.1, 0.15) is 6.04 Å². The topological polar surface area (TPSA) is 92.4 Å². The van der Waals surface area contributed by atoms with Crippen LogP contribution in [0.2, 0.25) is 0 Å². The molecule has 12 heavy (non-hydrogen) atoms. The van der Waals surface area contributed by atoms with Crippen molar-refractivity contribution in [3.63, 3.8) is 0 Å². The Hall–Kier alpha value is -0.100. The molecule has 6 heteroatoms. The van der Waals surface area contributed by atoms with Crippen molar-refractivity contribution in [1.82, 2.24) is 5.32 Å². The molecule has 0 aliphatic rings. The molecule has 0 fully saturated rings. The van der Waals surface area contributed by atoms with Crippen LogP contribution in [-0.2, 0) is 9.59 Å². The Bertz CT molecular complexity index is 177. The minimum absolute atomic E-state index is 0. The molecule has 0 bridgehead atoms. The van der Waals surface area contributed by atoms with Gasteiger partial charge in [-0.25, -0.2) is 0 Å². The number of nitrogens with one attached hydrogen (secondary N) is 1. The second-order valence-electron chi connectivity index (χ2n) is 2.36. The molecule has 0 aliphatic heterocycles. The SMILES string of the molecule is C[C@H](N)C(=O)N[C@@H](C)C(=O)O.[H-].[Na+]. The van der Waals surface area contributed by atoms with E-state index >= 15 is 0 Å². The fraction of sp³-hybridized carbons (Fsp3) is 0.667. The number of carboxylic acid groups (broad SMARTS) is 1. The molecule has 0 aliphatic carbocycles. The number of hydrogen-bond acceptors (Lipinski definition) is 3. The van der Waals surface area contributed by atoms with E-state index in [4.69, 9.17) is 10.8 Å². The summed E-state index contributed by atoms with van der Waals surface area (Å²) >= 11 is 0. The maximum atomic E-state index is 10.8. The normalized spacial score (nSPS) is 13.9. The van der Waals surface area contributed by atoms with Gasteiger partial charge in [0, 0.05) is 0 Å². The fourth-order valence-corrected chi connectivity index (χ4v) is 0.407. The molecule has 0 rings (SSSR count). The van der Waals surface area contributed by atoms with Crippen LogP contribution in [0.25, 0.3) is 0 Å².